The average molecular weight is 253 g/mol. The molecule has 90 valence electrons. The SMILES string of the molecule is CC(O)CCn1nnc(-c2ccc(Cl)cc2)n1. The first-order valence-corrected chi connectivity index (χ1v) is 5.75. The van der Waals surface area contributed by atoms with Crippen molar-refractivity contribution in [3.8, 4) is 11.4 Å². The Balaban J connectivity index is 2.10. The van der Waals surface area contributed by atoms with Crippen molar-refractivity contribution < 1.29 is 5.11 Å². The summed E-state index contributed by atoms with van der Waals surface area (Å²) in [7, 11) is 0. The molecule has 1 heterocycles. The fourth-order valence-corrected chi connectivity index (χ4v) is 1.48. The van der Waals surface area contributed by atoms with E-state index in [-0.39, 0.29) is 6.10 Å². The Kier molecular flexibility index (Phi) is 3.71. The van der Waals surface area contributed by atoms with Gasteiger partial charge in [-0.25, -0.2) is 0 Å². The molecule has 2 rings (SSSR count). The van der Waals surface area contributed by atoms with Gasteiger partial charge in [0.05, 0.1) is 12.6 Å². The minimum Gasteiger partial charge on any atom is -0.393 e. The van der Waals surface area contributed by atoms with Gasteiger partial charge >= 0.3 is 0 Å². The molecule has 0 radical (unpaired) electrons. The maximum absolute atomic E-state index is 9.16. The lowest BCUT2D eigenvalue weighted by molar-refractivity contribution is 0.173. The third-order valence-electron chi connectivity index (χ3n) is 2.30. The van der Waals surface area contributed by atoms with Gasteiger partial charge in [0.2, 0.25) is 5.82 Å². The smallest absolute Gasteiger partial charge is 0.204 e. The van der Waals surface area contributed by atoms with Crippen LogP contribution in [0.2, 0.25) is 5.02 Å². The second kappa shape index (κ2) is 5.25. The summed E-state index contributed by atoms with van der Waals surface area (Å²) in [6, 6.07) is 7.26. The molecule has 1 atom stereocenters. The van der Waals surface area contributed by atoms with Gasteiger partial charge in [0.15, 0.2) is 0 Å². The van der Waals surface area contributed by atoms with Crippen LogP contribution < -0.4 is 0 Å². The van der Waals surface area contributed by atoms with Gasteiger partial charge in [0, 0.05) is 10.6 Å². The van der Waals surface area contributed by atoms with E-state index in [0.717, 1.165) is 5.56 Å². The number of halogens is 1. The summed E-state index contributed by atoms with van der Waals surface area (Å²) in [5.74, 6) is 0.562. The Morgan fingerprint density at radius 1 is 1.35 bits per heavy atom. The van der Waals surface area contributed by atoms with E-state index in [4.69, 9.17) is 16.7 Å². The first-order chi connectivity index (χ1) is 8.15. The minimum absolute atomic E-state index is 0.361. The molecule has 0 spiro atoms. The Bertz CT molecular complexity index is 480. The number of aliphatic hydroxyl groups is 1. The molecule has 5 nitrogen and oxygen atoms in total. The number of tetrazole rings is 1. The van der Waals surface area contributed by atoms with Crippen LogP contribution in [-0.4, -0.2) is 31.4 Å². The highest BCUT2D eigenvalue weighted by molar-refractivity contribution is 6.30. The van der Waals surface area contributed by atoms with Crippen molar-refractivity contribution in [2.75, 3.05) is 0 Å². The number of aliphatic hydroxyl groups excluding tert-OH is 1. The van der Waals surface area contributed by atoms with Gasteiger partial charge in [-0.2, -0.15) is 4.80 Å². The van der Waals surface area contributed by atoms with Gasteiger partial charge in [0.25, 0.3) is 0 Å². The summed E-state index contributed by atoms with van der Waals surface area (Å²) in [5, 5.41) is 21.9. The van der Waals surface area contributed by atoms with E-state index in [2.05, 4.69) is 15.4 Å². The molecule has 1 aromatic heterocycles. The van der Waals surface area contributed by atoms with Gasteiger partial charge < -0.3 is 5.11 Å². The third-order valence-corrected chi connectivity index (χ3v) is 2.55. The van der Waals surface area contributed by atoms with E-state index in [1.54, 1.807) is 19.1 Å². The molecule has 6 heteroatoms. The van der Waals surface area contributed by atoms with Gasteiger partial charge in [-0.05, 0) is 42.8 Å². The maximum Gasteiger partial charge on any atom is 0.204 e. The van der Waals surface area contributed by atoms with Gasteiger partial charge in [-0.3, -0.25) is 0 Å². The largest absolute Gasteiger partial charge is 0.393 e. The van der Waals surface area contributed by atoms with Crippen LogP contribution >= 0.6 is 11.6 Å². The lowest BCUT2D eigenvalue weighted by Gasteiger charge is -2.01. The van der Waals surface area contributed by atoms with E-state index in [1.165, 1.54) is 4.80 Å². The number of hydrogen-bond acceptors (Lipinski definition) is 4. The summed E-state index contributed by atoms with van der Waals surface area (Å²) in [6.07, 6.45) is 0.246. The molecular weight excluding hydrogens is 240 g/mol. The highest BCUT2D eigenvalue weighted by Gasteiger charge is 2.06. The fourth-order valence-electron chi connectivity index (χ4n) is 1.35. The summed E-state index contributed by atoms with van der Waals surface area (Å²) in [5.41, 5.74) is 0.873. The molecule has 0 bridgehead atoms. The second-order valence-electron chi connectivity index (χ2n) is 3.85. The van der Waals surface area contributed by atoms with Crippen molar-refractivity contribution in [3.05, 3.63) is 29.3 Å². The van der Waals surface area contributed by atoms with E-state index >= 15 is 0 Å². The van der Waals surface area contributed by atoms with E-state index < -0.39 is 0 Å². The van der Waals surface area contributed by atoms with Crippen LogP contribution in [0.3, 0.4) is 0 Å². The molecule has 17 heavy (non-hydrogen) atoms. The van der Waals surface area contributed by atoms with Crippen LogP contribution in [0.25, 0.3) is 11.4 Å². The van der Waals surface area contributed by atoms with Crippen molar-refractivity contribution in [1.82, 2.24) is 20.2 Å². The number of rotatable bonds is 4. The zero-order chi connectivity index (χ0) is 12.3. The zero-order valence-corrected chi connectivity index (χ0v) is 10.2. The monoisotopic (exact) mass is 252 g/mol. The van der Waals surface area contributed by atoms with E-state index in [1.807, 2.05) is 12.1 Å². The lowest BCUT2D eigenvalue weighted by Crippen LogP contribution is -2.09. The Morgan fingerprint density at radius 2 is 2.06 bits per heavy atom. The Labute approximate surface area is 104 Å². The average Bonchev–Trinajstić information content (AvgIpc) is 2.76. The van der Waals surface area contributed by atoms with Crippen LogP contribution in [0.1, 0.15) is 13.3 Å². The van der Waals surface area contributed by atoms with Crippen molar-refractivity contribution in [1.29, 1.82) is 0 Å². The Morgan fingerprint density at radius 3 is 2.71 bits per heavy atom. The molecule has 0 fully saturated rings. The van der Waals surface area contributed by atoms with E-state index in [0.29, 0.717) is 23.8 Å². The van der Waals surface area contributed by atoms with Crippen molar-refractivity contribution in [2.24, 2.45) is 0 Å². The standard InChI is InChI=1S/C11H13ClN4O/c1-8(17)6-7-16-14-11(13-15-16)9-2-4-10(12)5-3-9/h2-5,8,17H,6-7H2,1H3. The van der Waals surface area contributed by atoms with Crippen LogP contribution in [0, 0.1) is 0 Å². The van der Waals surface area contributed by atoms with Gasteiger partial charge in [-0.1, -0.05) is 11.6 Å². The molecule has 0 aliphatic heterocycles. The summed E-state index contributed by atoms with van der Waals surface area (Å²) in [4.78, 5) is 1.48. The first-order valence-electron chi connectivity index (χ1n) is 5.37. The fraction of sp³-hybridized carbons (Fsp3) is 0.364. The molecular formula is C11H13ClN4O. The highest BCUT2D eigenvalue weighted by Crippen LogP contribution is 2.16. The normalized spacial score (nSPS) is 12.6. The molecule has 0 amide bonds. The molecule has 0 aliphatic carbocycles. The van der Waals surface area contributed by atoms with Crippen molar-refractivity contribution in [3.63, 3.8) is 0 Å². The summed E-state index contributed by atoms with van der Waals surface area (Å²) >= 11 is 5.80. The predicted octanol–water partition coefficient (Wildman–Crippen LogP) is 1.76. The number of nitrogens with zero attached hydrogens (tertiary/aromatic N) is 4. The zero-order valence-electron chi connectivity index (χ0n) is 9.41. The molecule has 1 aromatic carbocycles. The minimum atomic E-state index is -0.361. The quantitative estimate of drug-likeness (QED) is 0.901. The van der Waals surface area contributed by atoms with E-state index in [9.17, 15) is 0 Å². The molecule has 0 saturated heterocycles. The van der Waals surface area contributed by atoms with Crippen LogP contribution in [0.15, 0.2) is 24.3 Å². The topological polar surface area (TPSA) is 63.8 Å². The van der Waals surface area contributed by atoms with Crippen LogP contribution in [0.5, 0.6) is 0 Å². The highest BCUT2D eigenvalue weighted by atomic mass is 35.5. The maximum atomic E-state index is 9.16. The molecule has 0 saturated carbocycles. The summed E-state index contributed by atoms with van der Waals surface area (Å²) < 4.78 is 0. The van der Waals surface area contributed by atoms with Crippen LogP contribution in [-0.2, 0) is 6.54 Å². The lowest BCUT2D eigenvalue weighted by atomic mass is 10.2. The molecule has 2 aromatic rings. The van der Waals surface area contributed by atoms with Crippen molar-refractivity contribution in [2.45, 2.75) is 26.0 Å². The third kappa shape index (κ3) is 3.25. The Hall–Kier alpha value is -1.46. The number of aryl methyl sites for hydroxylation is 1. The second-order valence-corrected chi connectivity index (χ2v) is 4.29. The molecule has 1 N–H and O–H groups in total. The molecule has 1 unspecified atom stereocenters. The van der Waals surface area contributed by atoms with Crippen molar-refractivity contribution >= 4 is 11.6 Å². The van der Waals surface area contributed by atoms with Gasteiger partial charge in [-0.15, -0.1) is 10.2 Å². The van der Waals surface area contributed by atoms with Crippen LogP contribution in [0.4, 0.5) is 0 Å². The number of hydrogen-bond donors (Lipinski definition) is 1. The summed E-state index contributed by atoms with van der Waals surface area (Å²) in [6.45, 7) is 2.29. The van der Waals surface area contributed by atoms with Gasteiger partial charge in [0.1, 0.15) is 0 Å². The molecule has 0 aliphatic rings. The predicted molar refractivity (Wildman–Crippen MR) is 64.6 cm³/mol. The first kappa shape index (κ1) is 12.0. The number of benzene rings is 1. The number of aromatic nitrogens is 4.